The number of hydrogen-bond acceptors (Lipinski definition) is 3. The number of nitrogens with one attached hydrogen (secondary N) is 1. The van der Waals surface area contributed by atoms with Crippen LogP contribution in [-0.4, -0.2) is 16.3 Å². The van der Waals surface area contributed by atoms with Gasteiger partial charge in [0.2, 0.25) is 0 Å². The molecule has 2 aromatic heterocycles. The smallest absolute Gasteiger partial charge is 0.105 e. The minimum Gasteiger partial charge on any atom is -0.469 e. The standard InChI is InChI=1S/C15H22ClN3O/c1-5-7-17-13(12-6-8-20-11(12)3)9-14-15(16)10(2)18-19(14)4/h6,8,13,17H,5,7,9H2,1-4H3. The van der Waals surface area contributed by atoms with Crippen LogP contribution in [-0.2, 0) is 13.5 Å². The molecule has 2 heterocycles. The summed E-state index contributed by atoms with van der Waals surface area (Å²) in [7, 11) is 1.94. The Labute approximate surface area is 125 Å². The van der Waals surface area contributed by atoms with E-state index in [1.807, 2.05) is 31.6 Å². The molecule has 0 fully saturated rings. The monoisotopic (exact) mass is 295 g/mol. The lowest BCUT2D eigenvalue weighted by molar-refractivity contribution is 0.485. The summed E-state index contributed by atoms with van der Waals surface area (Å²) in [5.41, 5.74) is 3.12. The summed E-state index contributed by atoms with van der Waals surface area (Å²) >= 11 is 6.36. The predicted octanol–water partition coefficient (Wildman–Crippen LogP) is 3.57. The van der Waals surface area contributed by atoms with Gasteiger partial charge in [0.1, 0.15) is 5.76 Å². The normalized spacial score (nSPS) is 12.8. The Morgan fingerprint density at radius 3 is 2.70 bits per heavy atom. The number of furan rings is 1. The molecule has 0 aromatic carbocycles. The van der Waals surface area contributed by atoms with Gasteiger partial charge in [-0.3, -0.25) is 4.68 Å². The van der Waals surface area contributed by atoms with E-state index in [2.05, 4.69) is 17.3 Å². The van der Waals surface area contributed by atoms with Crippen molar-refractivity contribution in [2.24, 2.45) is 7.05 Å². The Hall–Kier alpha value is -1.26. The molecule has 110 valence electrons. The summed E-state index contributed by atoms with van der Waals surface area (Å²) in [4.78, 5) is 0. The molecule has 1 atom stereocenters. The average molecular weight is 296 g/mol. The quantitative estimate of drug-likeness (QED) is 0.886. The van der Waals surface area contributed by atoms with Gasteiger partial charge in [0.25, 0.3) is 0 Å². The summed E-state index contributed by atoms with van der Waals surface area (Å²) in [6.45, 7) is 7.05. The molecule has 0 aliphatic carbocycles. The lowest BCUT2D eigenvalue weighted by Gasteiger charge is -2.18. The van der Waals surface area contributed by atoms with Crippen molar-refractivity contribution in [2.75, 3.05) is 6.54 Å². The predicted molar refractivity (Wildman–Crippen MR) is 81.1 cm³/mol. The first-order chi connectivity index (χ1) is 9.54. The molecule has 20 heavy (non-hydrogen) atoms. The van der Waals surface area contributed by atoms with Gasteiger partial charge < -0.3 is 9.73 Å². The molecule has 0 spiro atoms. The SMILES string of the molecule is CCCNC(Cc1c(Cl)c(C)nn1C)c1ccoc1C. The summed E-state index contributed by atoms with van der Waals surface area (Å²) in [6, 6.07) is 2.22. The fraction of sp³-hybridized carbons (Fsp3) is 0.533. The molecule has 0 aliphatic rings. The lowest BCUT2D eigenvalue weighted by atomic mass is 10.0. The molecule has 4 nitrogen and oxygen atoms in total. The Kier molecular flexibility index (Phi) is 4.89. The zero-order valence-corrected chi connectivity index (χ0v) is 13.3. The van der Waals surface area contributed by atoms with Crippen LogP contribution >= 0.6 is 11.6 Å². The molecular formula is C15H22ClN3O. The minimum absolute atomic E-state index is 0.195. The van der Waals surface area contributed by atoms with Crippen molar-refractivity contribution in [2.45, 2.75) is 39.7 Å². The molecule has 0 saturated heterocycles. The van der Waals surface area contributed by atoms with Gasteiger partial charge in [-0.25, -0.2) is 0 Å². The highest BCUT2D eigenvalue weighted by Gasteiger charge is 2.20. The minimum atomic E-state index is 0.195. The van der Waals surface area contributed by atoms with Crippen molar-refractivity contribution in [3.05, 3.63) is 40.1 Å². The highest BCUT2D eigenvalue weighted by molar-refractivity contribution is 6.31. The van der Waals surface area contributed by atoms with E-state index in [9.17, 15) is 0 Å². The molecule has 0 saturated carbocycles. The van der Waals surface area contributed by atoms with Crippen molar-refractivity contribution in [3.63, 3.8) is 0 Å². The zero-order chi connectivity index (χ0) is 14.7. The van der Waals surface area contributed by atoms with Crippen LogP contribution in [0.5, 0.6) is 0 Å². The Balaban J connectivity index is 2.26. The van der Waals surface area contributed by atoms with Crippen molar-refractivity contribution in [1.82, 2.24) is 15.1 Å². The van der Waals surface area contributed by atoms with E-state index >= 15 is 0 Å². The van der Waals surface area contributed by atoms with E-state index in [1.165, 1.54) is 5.56 Å². The van der Waals surface area contributed by atoms with Crippen molar-refractivity contribution in [3.8, 4) is 0 Å². The fourth-order valence-corrected chi connectivity index (χ4v) is 2.70. The highest BCUT2D eigenvalue weighted by atomic mass is 35.5. The van der Waals surface area contributed by atoms with Gasteiger partial charge in [0.15, 0.2) is 0 Å². The number of rotatable bonds is 6. The number of halogens is 1. The molecule has 0 amide bonds. The first kappa shape index (κ1) is 15.1. The molecule has 1 N–H and O–H groups in total. The third-order valence-electron chi connectivity index (χ3n) is 3.57. The van der Waals surface area contributed by atoms with Gasteiger partial charge in [0.05, 0.1) is 22.7 Å². The van der Waals surface area contributed by atoms with Gasteiger partial charge in [0, 0.05) is 25.1 Å². The second kappa shape index (κ2) is 6.46. The zero-order valence-electron chi connectivity index (χ0n) is 12.5. The van der Waals surface area contributed by atoms with Crippen LogP contribution in [0.4, 0.5) is 0 Å². The van der Waals surface area contributed by atoms with E-state index in [4.69, 9.17) is 16.0 Å². The summed E-state index contributed by atoms with van der Waals surface area (Å²) in [6.07, 6.45) is 3.63. The van der Waals surface area contributed by atoms with Crippen LogP contribution in [0.2, 0.25) is 5.02 Å². The molecular weight excluding hydrogens is 274 g/mol. The Bertz CT molecular complexity index is 574. The maximum atomic E-state index is 6.36. The third kappa shape index (κ3) is 3.07. The fourth-order valence-electron chi connectivity index (χ4n) is 2.46. The van der Waals surface area contributed by atoms with Crippen molar-refractivity contribution in [1.29, 1.82) is 0 Å². The Morgan fingerprint density at radius 2 is 2.20 bits per heavy atom. The van der Waals surface area contributed by atoms with Gasteiger partial charge >= 0.3 is 0 Å². The number of aryl methyl sites for hydroxylation is 3. The maximum Gasteiger partial charge on any atom is 0.105 e. The maximum absolute atomic E-state index is 6.36. The number of nitrogens with zero attached hydrogens (tertiary/aromatic N) is 2. The third-order valence-corrected chi connectivity index (χ3v) is 4.07. The average Bonchev–Trinajstić information content (AvgIpc) is 2.93. The van der Waals surface area contributed by atoms with Crippen LogP contribution in [0.25, 0.3) is 0 Å². The summed E-state index contributed by atoms with van der Waals surface area (Å²) in [5.74, 6) is 0.952. The summed E-state index contributed by atoms with van der Waals surface area (Å²) in [5, 5.41) is 8.71. The van der Waals surface area contributed by atoms with Crippen molar-refractivity contribution >= 4 is 11.6 Å². The molecule has 5 heteroatoms. The van der Waals surface area contributed by atoms with Gasteiger partial charge in [-0.1, -0.05) is 18.5 Å². The van der Waals surface area contributed by atoms with Crippen LogP contribution in [0.1, 0.15) is 42.1 Å². The topological polar surface area (TPSA) is 43.0 Å². The van der Waals surface area contributed by atoms with E-state index in [0.29, 0.717) is 0 Å². The second-order valence-corrected chi connectivity index (χ2v) is 5.49. The lowest BCUT2D eigenvalue weighted by Crippen LogP contribution is -2.25. The van der Waals surface area contributed by atoms with Crippen molar-refractivity contribution < 1.29 is 4.42 Å². The second-order valence-electron chi connectivity index (χ2n) is 5.11. The van der Waals surface area contributed by atoms with Crippen LogP contribution in [0.3, 0.4) is 0 Å². The van der Waals surface area contributed by atoms with Crippen LogP contribution < -0.4 is 5.32 Å². The molecule has 2 rings (SSSR count). The van der Waals surface area contributed by atoms with E-state index < -0.39 is 0 Å². The number of hydrogen-bond donors (Lipinski definition) is 1. The molecule has 1 unspecified atom stereocenters. The Morgan fingerprint density at radius 1 is 1.45 bits per heavy atom. The molecule has 0 bridgehead atoms. The van der Waals surface area contributed by atoms with Crippen LogP contribution in [0, 0.1) is 13.8 Å². The summed E-state index contributed by atoms with van der Waals surface area (Å²) < 4.78 is 7.30. The number of aromatic nitrogens is 2. The van der Waals surface area contributed by atoms with Gasteiger partial charge in [-0.05, 0) is 32.9 Å². The van der Waals surface area contributed by atoms with Crippen LogP contribution in [0.15, 0.2) is 16.7 Å². The highest BCUT2D eigenvalue weighted by Crippen LogP contribution is 2.27. The first-order valence-electron chi connectivity index (χ1n) is 7.00. The van der Waals surface area contributed by atoms with Gasteiger partial charge in [-0.2, -0.15) is 5.10 Å². The molecule has 2 aromatic rings. The molecule has 0 radical (unpaired) electrons. The first-order valence-corrected chi connectivity index (χ1v) is 7.37. The van der Waals surface area contributed by atoms with E-state index in [1.54, 1.807) is 6.26 Å². The van der Waals surface area contributed by atoms with E-state index in [-0.39, 0.29) is 6.04 Å². The van der Waals surface area contributed by atoms with E-state index in [0.717, 1.165) is 41.6 Å². The molecule has 0 aliphatic heterocycles. The largest absolute Gasteiger partial charge is 0.469 e. The van der Waals surface area contributed by atoms with Gasteiger partial charge in [-0.15, -0.1) is 0 Å².